The first kappa shape index (κ1) is 20.8. The largest absolute Gasteiger partial charge is 0.339 e. The van der Waals surface area contributed by atoms with Crippen molar-refractivity contribution in [2.45, 2.75) is 25.7 Å². The number of carbonyl (C=O) groups excluding carboxylic acids is 2. The fourth-order valence-electron chi connectivity index (χ4n) is 3.90. The zero-order valence-corrected chi connectivity index (χ0v) is 17.6. The second-order valence-corrected chi connectivity index (χ2v) is 7.94. The Kier molecular flexibility index (Phi) is 5.84. The number of aromatic nitrogens is 2. The number of hydrogen-bond acceptors (Lipinski definition) is 3. The van der Waals surface area contributed by atoms with Gasteiger partial charge in [0.2, 0.25) is 0 Å². The van der Waals surface area contributed by atoms with E-state index >= 15 is 0 Å². The van der Waals surface area contributed by atoms with Gasteiger partial charge in [-0.25, -0.2) is 4.39 Å². The van der Waals surface area contributed by atoms with Gasteiger partial charge in [-0.2, -0.15) is 5.10 Å². The number of nitrogens with zero attached hydrogens (tertiary/aromatic N) is 3. The number of H-pyrrole nitrogens is 1. The molecule has 2 amide bonds. The van der Waals surface area contributed by atoms with Gasteiger partial charge >= 0.3 is 0 Å². The van der Waals surface area contributed by atoms with Crippen LogP contribution >= 0.6 is 0 Å². The van der Waals surface area contributed by atoms with E-state index in [9.17, 15) is 14.0 Å². The molecule has 160 valence electrons. The van der Waals surface area contributed by atoms with Gasteiger partial charge in [0.1, 0.15) is 5.82 Å². The van der Waals surface area contributed by atoms with Gasteiger partial charge in [-0.05, 0) is 55.7 Å². The van der Waals surface area contributed by atoms with Crippen molar-refractivity contribution >= 4 is 17.5 Å². The second-order valence-electron chi connectivity index (χ2n) is 7.94. The van der Waals surface area contributed by atoms with E-state index in [2.05, 4.69) is 10.2 Å². The summed E-state index contributed by atoms with van der Waals surface area (Å²) in [5, 5.41) is 7.22. The highest BCUT2D eigenvalue weighted by Crippen LogP contribution is 2.28. The molecule has 2 heterocycles. The molecular formula is C24H25FN4O2. The van der Waals surface area contributed by atoms with Gasteiger partial charge in [0.15, 0.2) is 5.69 Å². The van der Waals surface area contributed by atoms with Crippen molar-refractivity contribution in [3.8, 4) is 0 Å². The van der Waals surface area contributed by atoms with Crippen LogP contribution in [0.4, 0.5) is 10.1 Å². The maximum absolute atomic E-state index is 13.8. The average molecular weight is 420 g/mol. The number of rotatable bonds is 4. The lowest BCUT2D eigenvalue weighted by Gasteiger charge is -2.31. The third-order valence-corrected chi connectivity index (χ3v) is 5.91. The Labute approximate surface area is 180 Å². The number of likely N-dealkylation sites (tertiary alicyclic amines) is 1. The van der Waals surface area contributed by atoms with Crippen molar-refractivity contribution in [3.63, 3.8) is 0 Å². The average Bonchev–Trinajstić information content (AvgIpc) is 3.30. The third-order valence-electron chi connectivity index (χ3n) is 5.91. The minimum Gasteiger partial charge on any atom is -0.339 e. The molecule has 0 atom stereocenters. The molecule has 0 unspecified atom stereocenters. The predicted octanol–water partition coefficient (Wildman–Crippen LogP) is 4.15. The van der Waals surface area contributed by atoms with Crippen LogP contribution in [0.5, 0.6) is 0 Å². The predicted molar refractivity (Wildman–Crippen MR) is 117 cm³/mol. The molecule has 0 bridgehead atoms. The van der Waals surface area contributed by atoms with Crippen molar-refractivity contribution in [3.05, 3.63) is 82.9 Å². The molecule has 1 N–H and O–H groups in total. The summed E-state index contributed by atoms with van der Waals surface area (Å²) in [6.07, 6.45) is 1.51. The Balaban J connectivity index is 1.38. The van der Waals surface area contributed by atoms with Crippen molar-refractivity contribution < 1.29 is 14.0 Å². The van der Waals surface area contributed by atoms with E-state index in [1.54, 1.807) is 42.0 Å². The zero-order chi connectivity index (χ0) is 22.0. The molecule has 31 heavy (non-hydrogen) atoms. The van der Waals surface area contributed by atoms with Gasteiger partial charge in [-0.15, -0.1) is 0 Å². The number of amides is 2. The zero-order valence-electron chi connectivity index (χ0n) is 17.6. The normalized spacial score (nSPS) is 14.5. The molecule has 0 saturated carbocycles. The van der Waals surface area contributed by atoms with E-state index in [0.717, 1.165) is 24.2 Å². The standard InChI is InChI=1S/C24H25FN4O2/c1-16-8-9-18(14-20(16)25)23(30)29-12-10-17(11-13-29)21-15-22(27-26-21)24(31)28(2)19-6-4-3-5-7-19/h3-9,14-15,17H,10-13H2,1-2H3,(H,26,27). The molecule has 1 aliphatic rings. The molecule has 4 rings (SSSR count). The van der Waals surface area contributed by atoms with Crippen LogP contribution < -0.4 is 4.90 Å². The van der Waals surface area contributed by atoms with Crippen molar-refractivity contribution in [1.29, 1.82) is 0 Å². The first-order chi connectivity index (χ1) is 14.9. The summed E-state index contributed by atoms with van der Waals surface area (Å²) >= 11 is 0. The van der Waals surface area contributed by atoms with Gasteiger partial charge in [0, 0.05) is 43.0 Å². The van der Waals surface area contributed by atoms with Gasteiger partial charge in [0.25, 0.3) is 11.8 Å². The monoisotopic (exact) mass is 420 g/mol. The first-order valence-electron chi connectivity index (χ1n) is 10.4. The summed E-state index contributed by atoms with van der Waals surface area (Å²) in [5.41, 5.74) is 2.97. The van der Waals surface area contributed by atoms with Gasteiger partial charge in [0.05, 0.1) is 0 Å². The van der Waals surface area contributed by atoms with Crippen molar-refractivity contribution in [2.24, 2.45) is 0 Å². The Morgan fingerprint density at radius 1 is 1.10 bits per heavy atom. The van der Waals surface area contributed by atoms with Crippen LogP contribution in [0.15, 0.2) is 54.6 Å². The Hall–Kier alpha value is -3.48. The van der Waals surface area contributed by atoms with E-state index in [1.807, 2.05) is 30.3 Å². The lowest BCUT2D eigenvalue weighted by atomic mass is 9.93. The topological polar surface area (TPSA) is 69.3 Å². The molecule has 0 aliphatic carbocycles. The molecular weight excluding hydrogens is 395 g/mol. The first-order valence-corrected chi connectivity index (χ1v) is 10.4. The highest BCUT2D eigenvalue weighted by atomic mass is 19.1. The molecule has 1 aliphatic heterocycles. The summed E-state index contributed by atoms with van der Waals surface area (Å²) in [6.45, 7) is 2.83. The van der Waals surface area contributed by atoms with Crippen molar-refractivity contribution in [1.82, 2.24) is 15.1 Å². The van der Waals surface area contributed by atoms with E-state index < -0.39 is 0 Å². The molecule has 6 nitrogen and oxygen atoms in total. The van der Waals surface area contributed by atoms with E-state index in [4.69, 9.17) is 0 Å². The minimum atomic E-state index is -0.365. The number of anilines is 1. The van der Waals surface area contributed by atoms with Crippen LogP contribution in [0.3, 0.4) is 0 Å². The van der Waals surface area contributed by atoms with E-state index in [-0.39, 0.29) is 23.5 Å². The number of aryl methyl sites for hydroxylation is 1. The number of para-hydroxylation sites is 1. The second kappa shape index (κ2) is 8.71. The molecule has 1 fully saturated rings. The highest BCUT2D eigenvalue weighted by molar-refractivity contribution is 6.04. The molecule has 0 radical (unpaired) electrons. The molecule has 1 aromatic heterocycles. The number of aromatic amines is 1. The maximum Gasteiger partial charge on any atom is 0.278 e. The van der Waals surface area contributed by atoms with Crippen LogP contribution in [0.1, 0.15) is 50.9 Å². The summed E-state index contributed by atoms with van der Waals surface area (Å²) in [7, 11) is 1.73. The lowest BCUT2D eigenvalue weighted by molar-refractivity contribution is 0.0711. The number of carbonyl (C=O) groups is 2. The van der Waals surface area contributed by atoms with E-state index in [0.29, 0.717) is 29.9 Å². The number of hydrogen-bond donors (Lipinski definition) is 1. The third kappa shape index (κ3) is 4.35. The van der Waals surface area contributed by atoms with E-state index in [1.165, 1.54) is 6.07 Å². The lowest BCUT2D eigenvalue weighted by Crippen LogP contribution is -2.38. The Morgan fingerprint density at radius 3 is 2.48 bits per heavy atom. The van der Waals surface area contributed by atoms with Crippen molar-refractivity contribution in [2.75, 3.05) is 25.0 Å². The minimum absolute atomic E-state index is 0.151. The fourth-order valence-corrected chi connectivity index (χ4v) is 3.90. The molecule has 0 spiro atoms. The summed E-state index contributed by atoms with van der Waals surface area (Å²) in [6, 6.07) is 15.8. The molecule has 1 saturated heterocycles. The van der Waals surface area contributed by atoms with Crippen LogP contribution in [0.2, 0.25) is 0 Å². The smallest absolute Gasteiger partial charge is 0.278 e. The SMILES string of the molecule is Cc1ccc(C(=O)N2CCC(c3cc(C(=O)N(C)c4ccccc4)n[nH]3)CC2)cc1F. The van der Waals surface area contributed by atoms with Gasteiger partial charge in [-0.3, -0.25) is 14.7 Å². The molecule has 2 aromatic carbocycles. The maximum atomic E-state index is 13.8. The molecule has 3 aromatic rings. The van der Waals surface area contributed by atoms with Crippen LogP contribution in [-0.4, -0.2) is 47.0 Å². The summed E-state index contributed by atoms with van der Waals surface area (Å²) < 4.78 is 13.8. The Bertz CT molecular complexity index is 1090. The van der Waals surface area contributed by atoms with Gasteiger partial charge < -0.3 is 9.80 Å². The van der Waals surface area contributed by atoms with Crippen LogP contribution in [-0.2, 0) is 0 Å². The quantitative estimate of drug-likeness (QED) is 0.689. The highest BCUT2D eigenvalue weighted by Gasteiger charge is 2.27. The van der Waals surface area contributed by atoms with Crippen LogP contribution in [0.25, 0.3) is 0 Å². The number of benzene rings is 2. The van der Waals surface area contributed by atoms with Crippen LogP contribution in [0, 0.1) is 12.7 Å². The van der Waals surface area contributed by atoms with Gasteiger partial charge in [-0.1, -0.05) is 24.3 Å². The summed E-state index contributed by atoms with van der Waals surface area (Å²) in [5.74, 6) is -0.504. The summed E-state index contributed by atoms with van der Waals surface area (Å²) in [4.78, 5) is 28.8. The number of piperidine rings is 1. The number of nitrogens with one attached hydrogen (secondary N) is 1. The fraction of sp³-hybridized carbons (Fsp3) is 0.292. The molecule has 7 heteroatoms. The number of halogens is 1. The Morgan fingerprint density at radius 2 is 1.81 bits per heavy atom.